The largest absolute Gasteiger partial charge is 0.480 e. The Morgan fingerprint density at radius 2 is 2.05 bits per heavy atom. The van der Waals surface area contributed by atoms with Crippen molar-refractivity contribution in [3.63, 3.8) is 0 Å². The van der Waals surface area contributed by atoms with E-state index in [2.05, 4.69) is 5.32 Å². The average Bonchev–Trinajstić information content (AvgIpc) is 2.47. The monoisotopic (exact) mass is 295 g/mol. The first-order chi connectivity index (χ1) is 9.67. The van der Waals surface area contributed by atoms with E-state index >= 15 is 0 Å². The van der Waals surface area contributed by atoms with Crippen molar-refractivity contribution in [1.82, 2.24) is 5.32 Å². The second kappa shape index (κ2) is 9.55. The Morgan fingerprint density at radius 3 is 2.60 bits per heavy atom. The van der Waals surface area contributed by atoms with Crippen LogP contribution in [0.4, 0.5) is 0 Å². The summed E-state index contributed by atoms with van der Waals surface area (Å²) in [6.45, 7) is 0. The summed E-state index contributed by atoms with van der Waals surface area (Å²) in [4.78, 5) is 22.2. The van der Waals surface area contributed by atoms with Crippen molar-refractivity contribution in [2.75, 3.05) is 12.0 Å². The van der Waals surface area contributed by atoms with Crippen molar-refractivity contribution in [3.05, 3.63) is 35.9 Å². The van der Waals surface area contributed by atoms with E-state index < -0.39 is 18.1 Å². The fourth-order valence-corrected chi connectivity index (χ4v) is 2.40. The highest BCUT2D eigenvalue weighted by atomic mass is 32.2. The van der Waals surface area contributed by atoms with E-state index in [4.69, 9.17) is 5.11 Å². The standard InChI is InChI=1S/C15H21NO3S/c1-20-10-9-14(15(18)19)16-13(11-17)8-7-12-5-3-2-4-6-12/h2-6,11,13-14,16H,7-10H2,1H3,(H,18,19). The molecule has 0 aliphatic carbocycles. The third-order valence-electron chi connectivity index (χ3n) is 3.08. The van der Waals surface area contributed by atoms with Crippen LogP contribution in [0.1, 0.15) is 18.4 Å². The van der Waals surface area contributed by atoms with Crippen molar-refractivity contribution in [2.24, 2.45) is 0 Å². The maximum atomic E-state index is 11.1. The van der Waals surface area contributed by atoms with Crippen molar-refractivity contribution < 1.29 is 14.7 Å². The van der Waals surface area contributed by atoms with Gasteiger partial charge in [0.05, 0.1) is 6.04 Å². The topological polar surface area (TPSA) is 66.4 Å². The van der Waals surface area contributed by atoms with Gasteiger partial charge in [0.1, 0.15) is 12.3 Å². The SMILES string of the molecule is CSCCC(NC(C=O)CCc1ccccc1)C(=O)O. The lowest BCUT2D eigenvalue weighted by Crippen LogP contribution is -2.44. The highest BCUT2D eigenvalue weighted by Gasteiger charge is 2.20. The van der Waals surface area contributed by atoms with Gasteiger partial charge >= 0.3 is 5.97 Å². The highest BCUT2D eigenvalue weighted by molar-refractivity contribution is 7.98. The number of nitrogens with one attached hydrogen (secondary N) is 1. The number of aliphatic carboxylic acids is 1. The Hall–Kier alpha value is -1.33. The lowest BCUT2D eigenvalue weighted by atomic mass is 10.0. The Morgan fingerprint density at radius 1 is 1.35 bits per heavy atom. The molecule has 2 unspecified atom stereocenters. The van der Waals surface area contributed by atoms with Crippen LogP contribution < -0.4 is 5.32 Å². The van der Waals surface area contributed by atoms with Gasteiger partial charge in [-0.15, -0.1) is 0 Å². The van der Waals surface area contributed by atoms with Crippen LogP contribution in [0.3, 0.4) is 0 Å². The molecule has 0 spiro atoms. The minimum absolute atomic E-state index is 0.418. The number of carboxylic acid groups (broad SMARTS) is 1. The molecule has 20 heavy (non-hydrogen) atoms. The second-order valence-corrected chi connectivity index (χ2v) is 5.59. The van der Waals surface area contributed by atoms with Gasteiger partial charge < -0.3 is 9.90 Å². The first-order valence-electron chi connectivity index (χ1n) is 6.64. The molecule has 0 radical (unpaired) electrons. The molecule has 0 aromatic heterocycles. The molecule has 0 amide bonds. The average molecular weight is 295 g/mol. The predicted molar refractivity (Wildman–Crippen MR) is 82.2 cm³/mol. The summed E-state index contributed by atoms with van der Waals surface area (Å²) in [5, 5.41) is 12.1. The predicted octanol–water partition coefficient (Wildman–Crippen LogP) is 1.98. The molecule has 4 nitrogen and oxygen atoms in total. The quantitative estimate of drug-likeness (QED) is 0.646. The van der Waals surface area contributed by atoms with Crippen LogP contribution in [-0.2, 0) is 16.0 Å². The van der Waals surface area contributed by atoms with E-state index in [-0.39, 0.29) is 0 Å². The van der Waals surface area contributed by atoms with Crippen molar-refractivity contribution in [2.45, 2.75) is 31.3 Å². The minimum Gasteiger partial charge on any atom is -0.480 e. The van der Waals surface area contributed by atoms with E-state index in [0.29, 0.717) is 12.8 Å². The summed E-state index contributed by atoms with van der Waals surface area (Å²) in [5.74, 6) is -0.139. The molecule has 0 saturated carbocycles. The lowest BCUT2D eigenvalue weighted by Gasteiger charge is -2.19. The molecule has 1 aromatic rings. The van der Waals surface area contributed by atoms with Crippen LogP contribution in [0.25, 0.3) is 0 Å². The van der Waals surface area contributed by atoms with Crippen molar-refractivity contribution in [1.29, 1.82) is 0 Å². The van der Waals surface area contributed by atoms with Gasteiger partial charge in [0.25, 0.3) is 0 Å². The zero-order chi connectivity index (χ0) is 14.8. The fourth-order valence-electron chi connectivity index (χ4n) is 1.93. The molecule has 0 aliphatic heterocycles. The summed E-state index contributed by atoms with van der Waals surface area (Å²) >= 11 is 1.60. The van der Waals surface area contributed by atoms with Crippen LogP contribution in [0.5, 0.6) is 0 Å². The maximum absolute atomic E-state index is 11.1. The first kappa shape index (κ1) is 16.7. The fraction of sp³-hybridized carbons (Fsp3) is 0.467. The number of hydrogen-bond acceptors (Lipinski definition) is 4. The lowest BCUT2D eigenvalue weighted by molar-refractivity contribution is -0.139. The van der Waals surface area contributed by atoms with Crippen molar-refractivity contribution in [3.8, 4) is 0 Å². The summed E-state index contributed by atoms with van der Waals surface area (Å²) in [6, 6.07) is 8.79. The van der Waals surface area contributed by atoms with Crippen LogP contribution in [-0.4, -0.2) is 41.5 Å². The van der Waals surface area contributed by atoms with Crippen molar-refractivity contribution >= 4 is 24.0 Å². The molecular formula is C15H21NO3S. The molecule has 0 heterocycles. The number of hydrogen-bond donors (Lipinski definition) is 2. The van der Waals surface area contributed by atoms with E-state index in [1.807, 2.05) is 36.6 Å². The number of rotatable bonds is 10. The van der Waals surface area contributed by atoms with E-state index in [1.165, 1.54) is 0 Å². The normalized spacial score (nSPS) is 13.7. The Kier molecular flexibility index (Phi) is 7.99. The number of thioether (sulfide) groups is 1. The molecule has 0 bridgehead atoms. The van der Waals surface area contributed by atoms with Gasteiger partial charge in [0, 0.05) is 0 Å². The van der Waals surface area contributed by atoms with E-state index in [9.17, 15) is 9.59 Å². The molecule has 2 atom stereocenters. The van der Waals surface area contributed by atoms with Gasteiger partial charge in [-0.1, -0.05) is 30.3 Å². The Bertz CT molecular complexity index is 411. The molecule has 0 saturated heterocycles. The van der Waals surface area contributed by atoms with Crippen LogP contribution in [0.2, 0.25) is 0 Å². The molecule has 0 fully saturated rings. The smallest absolute Gasteiger partial charge is 0.320 e. The van der Waals surface area contributed by atoms with Gasteiger partial charge in [0.15, 0.2) is 0 Å². The summed E-state index contributed by atoms with van der Waals surface area (Å²) in [6.07, 6.45) is 4.62. The molecular weight excluding hydrogens is 274 g/mol. The van der Waals surface area contributed by atoms with Gasteiger partial charge in [0.2, 0.25) is 0 Å². The second-order valence-electron chi connectivity index (χ2n) is 4.61. The number of aryl methyl sites for hydroxylation is 1. The van der Waals surface area contributed by atoms with E-state index in [1.54, 1.807) is 11.8 Å². The molecule has 0 aliphatic rings. The molecule has 1 rings (SSSR count). The van der Waals surface area contributed by atoms with Gasteiger partial charge in [-0.3, -0.25) is 10.1 Å². The molecule has 5 heteroatoms. The number of carbonyl (C=O) groups excluding carboxylic acids is 1. The van der Waals surface area contributed by atoms with Gasteiger partial charge in [-0.2, -0.15) is 11.8 Å². The molecule has 110 valence electrons. The number of benzene rings is 1. The van der Waals surface area contributed by atoms with Gasteiger partial charge in [-0.25, -0.2) is 0 Å². The Balaban J connectivity index is 2.48. The first-order valence-corrected chi connectivity index (χ1v) is 8.03. The Labute approximate surface area is 124 Å². The third-order valence-corrected chi connectivity index (χ3v) is 3.72. The highest BCUT2D eigenvalue weighted by Crippen LogP contribution is 2.07. The minimum atomic E-state index is -0.898. The van der Waals surface area contributed by atoms with Crippen LogP contribution >= 0.6 is 11.8 Å². The number of carbonyl (C=O) groups is 2. The zero-order valence-electron chi connectivity index (χ0n) is 11.6. The van der Waals surface area contributed by atoms with Gasteiger partial charge in [-0.05, 0) is 36.8 Å². The summed E-state index contributed by atoms with van der Waals surface area (Å²) in [5.41, 5.74) is 1.15. The molecule has 2 N–H and O–H groups in total. The zero-order valence-corrected chi connectivity index (χ0v) is 12.4. The van der Waals surface area contributed by atoms with Crippen LogP contribution in [0, 0.1) is 0 Å². The third kappa shape index (κ3) is 6.21. The number of carboxylic acids is 1. The van der Waals surface area contributed by atoms with E-state index in [0.717, 1.165) is 24.0 Å². The summed E-state index contributed by atoms with van der Waals surface area (Å²) < 4.78 is 0. The maximum Gasteiger partial charge on any atom is 0.320 e. The molecule has 1 aromatic carbocycles. The van der Waals surface area contributed by atoms with Crippen LogP contribution in [0.15, 0.2) is 30.3 Å². The summed E-state index contributed by atoms with van der Waals surface area (Å²) in [7, 11) is 0. The number of aldehydes is 1.